The quantitative estimate of drug-likeness (QED) is 0.647. The summed E-state index contributed by atoms with van der Waals surface area (Å²) in [7, 11) is 1.91. The second kappa shape index (κ2) is 9.75. The van der Waals surface area contributed by atoms with Gasteiger partial charge in [-0.3, -0.25) is 0 Å². The molecule has 0 aromatic heterocycles. The lowest BCUT2D eigenvalue weighted by atomic mass is 10.1. The number of para-hydroxylation sites is 1. The predicted octanol–water partition coefficient (Wildman–Crippen LogP) is 2.52. The highest BCUT2D eigenvalue weighted by atomic mass is 16.5. The molecule has 4 heteroatoms. The van der Waals surface area contributed by atoms with Gasteiger partial charge in [0.2, 0.25) is 0 Å². The summed E-state index contributed by atoms with van der Waals surface area (Å²) in [6, 6.07) is 8.09. The first-order chi connectivity index (χ1) is 9.69. The highest BCUT2D eigenvalue weighted by Gasteiger charge is 2.11. The Hall–Kier alpha value is -1.10. The van der Waals surface area contributed by atoms with Crippen LogP contribution in [0.4, 0.5) is 0 Å². The van der Waals surface area contributed by atoms with Gasteiger partial charge in [0.1, 0.15) is 18.5 Å². The van der Waals surface area contributed by atoms with E-state index in [0.29, 0.717) is 13.2 Å². The number of hydrogen-bond acceptors (Lipinski definition) is 4. The monoisotopic (exact) mass is 281 g/mol. The van der Waals surface area contributed by atoms with Crippen LogP contribution < -0.4 is 10.1 Å². The molecule has 0 radical (unpaired) electrons. The topological polar surface area (TPSA) is 50.7 Å². The molecule has 0 aliphatic rings. The maximum Gasteiger partial charge on any atom is 0.124 e. The number of aliphatic hydroxyl groups excluding tert-OH is 1. The summed E-state index contributed by atoms with van der Waals surface area (Å²) in [5.74, 6) is 0.807. The second-order valence-electron chi connectivity index (χ2n) is 4.94. The smallest absolute Gasteiger partial charge is 0.124 e. The molecular weight excluding hydrogens is 254 g/mol. The lowest BCUT2D eigenvalue weighted by Crippen LogP contribution is -2.24. The lowest BCUT2D eigenvalue weighted by molar-refractivity contribution is 0.0111. The fraction of sp³-hybridized carbons (Fsp3) is 0.625. The minimum absolute atomic E-state index is 0.212. The van der Waals surface area contributed by atoms with E-state index < -0.39 is 6.10 Å². The molecule has 2 atom stereocenters. The summed E-state index contributed by atoms with van der Waals surface area (Å²) >= 11 is 0. The van der Waals surface area contributed by atoms with E-state index in [0.717, 1.165) is 24.2 Å². The van der Waals surface area contributed by atoms with Crippen LogP contribution in [0.3, 0.4) is 0 Å². The zero-order chi connectivity index (χ0) is 14.8. The Bertz CT molecular complexity index is 370. The molecule has 0 spiro atoms. The summed E-state index contributed by atoms with van der Waals surface area (Å²) in [6.07, 6.45) is 1.53. The highest BCUT2D eigenvalue weighted by Crippen LogP contribution is 2.24. The molecule has 0 heterocycles. The van der Waals surface area contributed by atoms with Crippen molar-refractivity contribution in [3.8, 4) is 5.75 Å². The van der Waals surface area contributed by atoms with Gasteiger partial charge >= 0.3 is 0 Å². The van der Waals surface area contributed by atoms with Crippen LogP contribution in [0.2, 0.25) is 0 Å². The molecule has 114 valence electrons. The van der Waals surface area contributed by atoms with E-state index in [1.165, 1.54) is 0 Å². The Morgan fingerprint density at radius 2 is 2.00 bits per heavy atom. The number of rotatable bonds is 10. The standard InChI is InChI=1S/C16H27NO3/c1-4-5-10-19-11-14(18)12-20-16-9-7-6-8-15(16)13(2)17-3/h6-9,13-14,17-18H,4-5,10-12H2,1-3H3. The van der Waals surface area contributed by atoms with Crippen molar-refractivity contribution in [1.29, 1.82) is 0 Å². The van der Waals surface area contributed by atoms with Crippen LogP contribution in [0.15, 0.2) is 24.3 Å². The van der Waals surface area contributed by atoms with Gasteiger partial charge in [-0.15, -0.1) is 0 Å². The Kier molecular flexibility index (Phi) is 8.26. The van der Waals surface area contributed by atoms with Crippen molar-refractivity contribution in [1.82, 2.24) is 5.32 Å². The highest BCUT2D eigenvalue weighted by molar-refractivity contribution is 5.35. The third kappa shape index (κ3) is 5.90. The van der Waals surface area contributed by atoms with Crippen molar-refractivity contribution < 1.29 is 14.6 Å². The number of benzene rings is 1. The van der Waals surface area contributed by atoms with Crippen molar-refractivity contribution in [2.45, 2.75) is 38.8 Å². The number of nitrogens with one attached hydrogen (secondary N) is 1. The molecule has 0 saturated carbocycles. The Morgan fingerprint density at radius 1 is 1.25 bits per heavy atom. The van der Waals surface area contributed by atoms with Crippen molar-refractivity contribution in [3.63, 3.8) is 0 Å². The van der Waals surface area contributed by atoms with Crippen molar-refractivity contribution in [3.05, 3.63) is 29.8 Å². The van der Waals surface area contributed by atoms with Gasteiger partial charge in [0.25, 0.3) is 0 Å². The molecular formula is C16H27NO3. The van der Waals surface area contributed by atoms with Gasteiger partial charge in [-0.05, 0) is 26.5 Å². The Labute approximate surface area is 122 Å². The number of unbranched alkanes of at least 4 members (excludes halogenated alkanes) is 1. The molecule has 2 N–H and O–H groups in total. The van der Waals surface area contributed by atoms with Crippen molar-refractivity contribution in [2.24, 2.45) is 0 Å². The molecule has 0 aliphatic heterocycles. The average molecular weight is 281 g/mol. The van der Waals surface area contributed by atoms with Crippen LogP contribution in [0.25, 0.3) is 0 Å². The number of ether oxygens (including phenoxy) is 2. The first-order valence-corrected chi connectivity index (χ1v) is 7.33. The molecule has 1 rings (SSSR count). The van der Waals surface area contributed by atoms with E-state index in [1.807, 2.05) is 31.3 Å². The summed E-state index contributed by atoms with van der Waals surface area (Å²) in [5.41, 5.74) is 1.09. The molecule has 20 heavy (non-hydrogen) atoms. The molecule has 4 nitrogen and oxygen atoms in total. The first kappa shape index (κ1) is 17.0. The molecule has 1 aromatic rings. The SMILES string of the molecule is CCCCOCC(O)COc1ccccc1C(C)NC. The molecule has 0 bridgehead atoms. The summed E-state index contributed by atoms with van der Waals surface area (Å²) < 4.78 is 11.1. The van der Waals surface area contributed by atoms with E-state index >= 15 is 0 Å². The minimum Gasteiger partial charge on any atom is -0.490 e. The van der Waals surface area contributed by atoms with Gasteiger partial charge in [0.15, 0.2) is 0 Å². The third-order valence-electron chi connectivity index (χ3n) is 3.20. The van der Waals surface area contributed by atoms with Gasteiger partial charge in [-0.1, -0.05) is 31.5 Å². The van der Waals surface area contributed by atoms with E-state index in [2.05, 4.69) is 19.2 Å². The fourth-order valence-corrected chi connectivity index (χ4v) is 1.83. The Balaban J connectivity index is 2.41. The summed E-state index contributed by atoms with van der Waals surface area (Å²) in [4.78, 5) is 0. The van der Waals surface area contributed by atoms with E-state index in [-0.39, 0.29) is 12.6 Å². The summed E-state index contributed by atoms with van der Waals surface area (Å²) in [5, 5.41) is 13.0. The predicted molar refractivity (Wildman–Crippen MR) is 81.1 cm³/mol. The van der Waals surface area contributed by atoms with Gasteiger partial charge in [-0.25, -0.2) is 0 Å². The van der Waals surface area contributed by atoms with Gasteiger partial charge in [0.05, 0.1) is 6.61 Å². The number of hydrogen-bond donors (Lipinski definition) is 2. The van der Waals surface area contributed by atoms with Gasteiger partial charge < -0.3 is 19.9 Å². The molecule has 1 aromatic carbocycles. The zero-order valence-electron chi connectivity index (χ0n) is 12.8. The van der Waals surface area contributed by atoms with E-state index in [9.17, 15) is 5.11 Å². The second-order valence-corrected chi connectivity index (χ2v) is 4.94. The Morgan fingerprint density at radius 3 is 2.70 bits per heavy atom. The molecule has 2 unspecified atom stereocenters. The molecule has 0 amide bonds. The van der Waals surface area contributed by atoms with Crippen LogP contribution in [0, 0.1) is 0 Å². The maximum absolute atomic E-state index is 9.83. The van der Waals surface area contributed by atoms with Crippen molar-refractivity contribution >= 4 is 0 Å². The average Bonchev–Trinajstić information content (AvgIpc) is 2.49. The van der Waals surface area contributed by atoms with Gasteiger partial charge in [0, 0.05) is 18.2 Å². The molecule has 0 aliphatic carbocycles. The zero-order valence-corrected chi connectivity index (χ0v) is 12.8. The molecule has 0 fully saturated rings. The minimum atomic E-state index is -0.593. The van der Waals surface area contributed by atoms with Crippen LogP contribution in [0.1, 0.15) is 38.3 Å². The molecule has 0 saturated heterocycles. The fourth-order valence-electron chi connectivity index (χ4n) is 1.83. The lowest BCUT2D eigenvalue weighted by Gasteiger charge is -2.18. The van der Waals surface area contributed by atoms with Gasteiger partial charge in [-0.2, -0.15) is 0 Å². The van der Waals surface area contributed by atoms with Crippen LogP contribution >= 0.6 is 0 Å². The summed E-state index contributed by atoms with van der Waals surface area (Å²) in [6.45, 7) is 5.46. The van der Waals surface area contributed by atoms with Crippen LogP contribution in [-0.4, -0.2) is 38.1 Å². The normalized spacial score (nSPS) is 14.0. The van der Waals surface area contributed by atoms with Crippen molar-refractivity contribution in [2.75, 3.05) is 26.9 Å². The number of aliphatic hydroxyl groups is 1. The largest absolute Gasteiger partial charge is 0.490 e. The van der Waals surface area contributed by atoms with E-state index in [4.69, 9.17) is 9.47 Å². The maximum atomic E-state index is 9.83. The van der Waals surface area contributed by atoms with Crippen LogP contribution in [0.5, 0.6) is 5.75 Å². The first-order valence-electron chi connectivity index (χ1n) is 7.33. The van der Waals surface area contributed by atoms with E-state index in [1.54, 1.807) is 0 Å². The van der Waals surface area contributed by atoms with Crippen LogP contribution in [-0.2, 0) is 4.74 Å². The third-order valence-corrected chi connectivity index (χ3v) is 3.20.